The summed E-state index contributed by atoms with van der Waals surface area (Å²) in [5, 5.41) is 11.9. The molecule has 1 atom stereocenters. The van der Waals surface area contributed by atoms with Crippen LogP contribution in [0.25, 0.3) is 0 Å². The number of piperidine rings is 1. The Labute approximate surface area is 220 Å². The Morgan fingerprint density at radius 2 is 1.62 bits per heavy atom. The maximum Gasteiger partial charge on any atom is 0.324 e. The van der Waals surface area contributed by atoms with E-state index in [4.69, 9.17) is 15.7 Å². The zero-order valence-electron chi connectivity index (χ0n) is 22.3. The van der Waals surface area contributed by atoms with Gasteiger partial charge in [-0.05, 0) is 69.9 Å². The predicted octanol–water partition coefficient (Wildman–Crippen LogP) is 3.32. The van der Waals surface area contributed by atoms with Gasteiger partial charge in [0.15, 0.2) is 5.84 Å². The quantitative estimate of drug-likeness (QED) is 0.195. The summed E-state index contributed by atoms with van der Waals surface area (Å²) in [6, 6.07) is 18.4. The molecule has 2 heterocycles. The van der Waals surface area contributed by atoms with Crippen molar-refractivity contribution < 1.29 is 14.7 Å². The van der Waals surface area contributed by atoms with Crippen molar-refractivity contribution in [2.24, 2.45) is 10.9 Å². The zero-order valence-corrected chi connectivity index (χ0v) is 22.3. The van der Waals surface area contributed by atoms with E-state index < -0.39 is 5.60 Å². The highest BCUT2D eigenvalue weighted by Crippen LogP contribution is 2.25. The molecule has 3 N–H and O–H groups in total. The number of carbonyl (C=O) groups is 1. The average Bonchev–Trinajstić information content (AvgIpc) is 2.91. The zero-order chi connectivity index (χ0) is 26.4. The van der Waals surface area contributed by atoms with E-state index in [1.54, 1.807) is 0 Å². The summed E-state index contributed by atoms with van der Waals surface area (Å²) in [6.07, 6.45) is 2.79. The lowest BCUT2D eigenvalue weighted by Crippen LogP contribution is -2.55. The fraction of sp³-hybridized carbons (Fsp3) is 0.517. The van der Waals surface area contributed by atoms with E-state index in [9.17, 15) is 4.79 Å². The summed E-state index contributed by atoms with van der Waals surface area (Å²) in [5.41, 5.74) is 8.22. The summed E-state index contributed by atoms with van der Waals surface area (Å²) in [5.74, 6) is 0.00170. The van der Waals surface area contributed by atoms with E-state index in [0.29, 0.717) is 18.0 Å². The van der Waals surface area contributed by atoms with Crippen LogP contribution in [0.2, 0.25) is 0 Å². The molecule has 2 fully saturated rings. The molecule has 200 valence electrons. The maximum absolute atomic E-state index is 13.2. The fourth-order valence-corrected chi connectivity index (χ4v) is 5.38. The predicted molar refractivity (Wildman–Crippen MR) is 147 cm³/mol. The Morgan fingerprint density at radius 3 is 2.19 bits per heavy atom. The van der Waals surface area contributed by atoms with Gasteiger partial charge in [0.2, 0.25) is 0 Å². The van der Waals surface area contributed by atoms with E-state index in [1.807, 2.05) is 63.2 Å². The second-order valence-corrected chi connectivity index (χ2v) is 11.1. The van der Waals surface area contributed by atoms with Crippen molar-refractivity contribution in [3.63, 3.8) is 0 Å². The largest absolute Gasteiger partial charge is 0.459 e. The number of likely N-dealkylation sites (tertiary alicyclic amines) is 1. The number of amidine groups is 1. The van der Waals surface area contributed by atoms with E-state index in [-0.39, 0.29) is 17.8 Å². The van der Waals surface area contributed by atoms with Crippen LogP contribution in [0.1, 0.15) is 44.7 Å². The number of benzene rings is 2. The third-order valence-electron chi connectivity index (χ3n) is 7.36. The summed E-state index contributed by atoms with van der Waals surface area (Å²) < 4.78 is 5.83. The number of esters is 1. The van der Waals surface area contributed by atoms with Gasteiger partial charge >= 0.3 is 5.97 Å². The van der Waals surface area contributed by atoms with Gasteiger partial charge in [-0.2, -0.15) is 0 Å². The first-order valence-electron chi connectivity index (χ1n) is 13.3. The standard InChI is InChI=1S/C29H41N5O3/c1-29(2,3)37-28(35)26(21-22-7-5-4-6-8-22)34-15-13-25(14-16-34)33-19-17-32(18-20-33)24-11-9-23(10-12-24)27(30)31-36/h4-12,25-26,36H,13-21H2,1-3H3,(H2,30,31). The minimum Gasteiger partial charge on any atom is -0.459 e. The highest BCUT2D eigenvalue weighted by atomic mass is 16.6. The molecule has 2 aliphatic heterocycles. The lowest BCUT2D eigenvalue weighted by molar-refractivity contribution is -0.162. The molecule has 8 heteroatoms. The molecule has 0 spiro atoms. The monoisotopic (exact) mass is 507 g/mol. The van der Waals surface area contributed by atoms with Crippen molar-refractivity contribution >= 4 is 17.5 Å². The normalized spacial score (nSPS) is 19.5. The molecule has 2 aromatic rings. The van der Waals surface area contributed by atoms with Crippen molar-refractivity contribution in [2.45, 2.75) is 57.7 Å². The minimum atomic E-state index is -0.497. The molecule has 4 rings (SSSR count). The van der Waals surface area contributed by atoms with Gasteiger partial charge in [0, 0.05) is 56.6 Å². The number of hydrogen-bond donors (Lipinski definition) is 2. The lowest BCUT2D eigenvalue weighted by Gasteiger charge is -2.44. The van der Waals surface area contributed by atoms with Crippen molar-refractivity contribution in [2.75, 3.05) is 44.2 Å². The number of hydrogen-bond acceptors (Lipinski definition) is 7. The van der Waals surface area contributed by atoms with E-state index in [0.717, 1.165) is 63.4 Å². The van der Waals surface area contributed by atoms with Gasteiger partial charge in [-0.1, -0.05) is 35.5 Å². The first-order valence-corrected chi connectivity index (χ1v) is 13.3. The maximum atomic E-state index is 13.2. The van der Waals surface area contributed by atoms with Crippen molar-refractivity contribution in [1.29, 1.82) is 0 Å². The molecule has 0 amide bonds. The first-order chi connectivity index (χ1) is 17.7. The van der Waals surface area contributed by atoms with Crippen LogP contribution in [-0.2, 0) is 16.0 Å². The SMILES string of the molecule is CC(C)(C)OC(=O)C(Cc1ccccc1)N1CCC(N2CCN(c3ccc(C(N)=NO)cc3)CC2)CC1. The highest BCUT2D eigenvalue weighted by Gasteiger charge is 2.35. The summed E-state index contributed by atoms with van der Waals surface area (Å²) in [7, 11) is 0. The number of nitrogens with two attached hydrogens (primary N) is 1. The number of oxime groups is 1. The first kappa shape index (κ1) is 26.9. The Kier molecular flexibility index (Phi) is 8.71. The minimum absolute atomic E-state index is 0.124. The van der Waals surface area contributed by atoms with Crippen LogP contribution in [0.15, 0.2) is 59.8 Å². The molecule has 0 aliphatic carbocycles. The van der Waals surface area contributed by atoms with Gasteiger partial charge in [0.25, 0.3) is 0 Å². The number of carbonyl (C=O) groups excluding carboxylic acids is 1. The molecule has 37 heavy (non-hydrogen) atoms. The lowest BCUT2D eigenvalue weighted by atomic mass is 9.97. The summed E-state index contributed by atoms with van der Waals surface area (Å²) >= 11 is 0. The summed E-state index contributed by atoms with van der Waals surface area (Å²) in [4.78, 5) is 20.5. The molecular formula is C29H41N5O3. The average molecular weight is 508 g/mol. The fourth-order valence-electron chi connectivity index (χ4n) is 5.38. The van der Waals surface area contributed by atoms with E-state index >= 15 is 0 Å². The van der Waals surface area contributed by atoms with E-state index in [1.165, 1.54) is 0 Å². The van der Waals surface area contributed by atoms with Crippen molar-refractivity contribution in [3.8, 4) is 0 Å². The molecule has 1 unspecified atom stereocenters. The molecule has 0 radical (unpaired) electrons. The van der Waals surface area contributed by atoms with Gasteiger partial charge in [-0.3, -0.25) is 14.6 Å². The number of anilines is 1. The molecule has 0 aromatic heterocycles. The molecule has 0 bridgehead atoms. The molecule has 2 aliphatic rings. The van der Waals surface area contributed by atoms with Crippen LogP contribution in [-0.4, -0.2) is 83.8 Å². The second kappa shape index (κ2) is 12.0. The molecular weight excluding hydrogens is 466 g/mol. The second-order valence-electron chi connectivity index (χ2n) is 11.1. The third-order valence-corrected chi connectivity index (χ3v) is 7.36. The molecule has 8 nitrogen and oxygen atoms in total. The summed E-state index contributed by atoms with van der Waals surface area (Å²) in [6.45, 7) is 11.6. The van der Waals surface area contributed by atoms with Crippen LogP contribution in [0.3, 0.4) is 0 Å². The smallest absolute Gasteiger partial charge is 0.324 e. The number of piperazine rings is 1. The van der Waals surface area contributed by atoms with Crippen LogP contribution < -0.4 is 10.6 Å². The van der Waals surface area contributed by atoms with Crippen LogP contribution in [0.4, 0.5) is 5.69 Å². The number of nitrogens with zero attached hydrogens (tertiary/aromatic N) is 4. The Balaban J connectivity index is 1.31. The van der Waals surface area contributed by atoms with Gasteiger partial charge in [-0.25, -0.2) is 0 Å². The van der Waals surface area contributed by atoms with Crippen molar-refractivity contribution in [1.82, 2.24) is 9.80 Å². The highest BCUT2D eigenvalue weighted by molar-refractivity contribution is 5.97. The van der Waals surface area contributed by atoms with Gasteiger partial charge in [0.1, 0.15) is 11.6 Å². The van der Waals surface area contributed by atoms with Gasteiger partial charge in [0.05, 0.1) is 0 Å². The van der Waals surface area contributed by atoms with Crippen LogP contribution >= 0.6 is 0 Å². The van der Waals surface area contributed by atoms with E-state index in [2.05, 4.69) is 32.0 Å². The third kappa shape index (κ3) is 7.23. The molecule has 2 aromatic carbocycles. The van der Waals surface area contributed by atoms with Crippen LogP contribution in [0.5, 0.6) is 0 Å². The molecule has 2 saturated heterocycles. The molecule has 0 saturated carbocycles. The Morgan fingerprint density at radius 1 is 1.00 bits per heavy atom. The van der Waals surface area contributed by atoms with Crippen LogP contribution in [0, 0.1) is 0 Å². The van der Waals surface area contributed by atoms with Gasteiger partial charge in [-0.15, -0.1) is 0 Å². The van der Waals surface area contributed by atoms with Gasteiger partial charge < -0.3 is 20.6 Å². The number of rotatable bonds is 7. The Hall–Kier alpha value is -3.10. The number of ether oxygens (including phenoxy) is 1. The Bertz CT molecular complexity index is 1040. The topological polar surface area (TPSA) is 94.6 Å². The van der Waals surface area contributed by atoms with Crippen molar-refractivity contribution in [3.05, 3.63) is 65.7 Å².